The van der Waals surface area contributed by atoms with Crippen LogP contribution in [0.2, 0.25) is 0 Å². The molecule has 4 nitrogen and oxygen atoms in total. The molecule has 0 saturated heterocycles. The van der Waals surface area contributed by atoms with E-state index in [4.69, 9.17) is 0 Å². The number of carbonyl (C=O) groups excluding carboxylic acids is 1. The Morgan fingerprint density at radius 2 is 2.00 bits per heavy atom. The van der Waals surface area contributed by atoms with Crippen LogP contribution < -0.4 is 10.7 Å². The molecule has 0 radical (unpaired) electrons. The summed E-state index contributed by atoms with van der Waals surface area (Å²) in [6.07, 6.45) is 4.10. The lowest BCUT2D eigenvalue weighted by molar-refractivity contribution is 0.0896. The highest BCUT2D eigenvalue weighted by atomic mass is 16.2. The maximum atomic E-state index is 12.4. The van der Waals surface area contributed by atoms with Crippen LogP contribution in [-0.2, 0) is 12.8 Å². The molecule has 114 valence electrons. The van der Waals surface area contributed by atoms with Crippen LogP contribution in [0.3, 0.4) is 0 Å². The van der Waals surface area contributed by atoms with Crippen molar-refractivity contribution in [3.05, 3.63) is 69.1 Å². The molecule has 0 saturated carbocycles. The molecule has 2 aromatic rings. The third-order valence-corrected chi connectivity index (χ3v) is 4.36. The smallest absolute Gasteiger partial charge is 0.257 e. The molecule has 1 aromatic heterocycles. The fourth-order valence-corrected chi connectivity index (χ4v) is 3.09. The first kappa shape index (κ1) is 14.6. The van der Waals surface area contributed by atoms with Crippen molar-refractivity contribution in [3.63, 3.8) is 0 Å². The molecule has 1 unspecified atom stereocenters. The van der Waals surface area contributed by atoms with Gasteiger partial charge in [-0.3, -0.25) is 9.59 Å². The van der Waals surface area contributed by atoms with E-state index in [0.717, 1.165) is 25.0 Å². The van der Waals surface area contributed by atoms with Gasteiger partial charge in [0, 0.05) is 23.5 Å². The summed E-state index contributed by atoms with van der Waals surface area (Å²) in [5.74, 6) is -0.303. The Balaban J connectivity index is 1.81. The number of benzene rings is 1. The Kier molecular flexibility index (Phi) is 3.61. The number of H-pyrrole nitrogens is 1. The normalized spacial score (nSPS) is 20.3. The largest absolute Gasteiger partial charge is 0.364 e. The number of rotatable bonds is 2. The molecular formula is C18H20N2O2. The average Bonchev–Trinajstić information content (AvgIpc) is 2.46. The third-order valence-electron chi connectivity index (χ3n) is 4.36. The van der Waals surface area contributed by atoms with Gasteiger partial charge in [0.2, 0.25) is 0 Å². The fourth-order valence-electron chi connectivity index (χ4n) is 3.09. The van der Waals surface area contributed by atoms with Gasteiger partial charge < -0.3 is 10.3 Å². The molecule has 22 heavy (non-hydrogen) atoms. The standard InChI is InChI=1S/C18H20N2O2/c1-12-9-16(21)15(11-19-12)17(22)20-18(2)8-7-13-5-3-4-6-14(13)10-18/h3-6,9,11H,7-8,10H2,1-2H3,(H,19,21)(H,20,22). The van der Waals surface area contributed by atoms with Crippen molar-refractivity contribution in [1.82, 2.24) is 10.3 Å². The van der Waals surface area contributed by atoms with E-state index in [0.29, 0.717) is 0 Å². The van der Waals surface area contributed by atoms with Gasteiger partial charge in [-0.15, -0.1) is 0 Å². The number of fused-ring (bicyclic) bond motifs is 1. The summed E-state index contributed by atoms with van der Waals surface area (Å²) in [6.45, 7) is 3.84. The predicted octanol–water partition coefficient (Wildman–Crippen LogP) is 2.36. The lowest BCUT2D eigenvalue weighted by Gasteiger charge is -2.35. The Labute approximate surface area is 129 Å². The second-order valence-electron chi connectivity index (χ2n) is 6.35. The van der Waals surface area contributed by atoms with E-state index in [1.54, 1.807) is 6.92 Å². The third kappa shape index (κ3) is 2.82. The highest BCUT2D eigenvalue weighted by molar-refractivity contribution is 5.94. The molecule has 0 fully saturated rings. The van der Waals surface area contributed by atoms with E-state index in [1.807, 2.05) is 19.1 Å². The number of amides is 1. The van der Waals surface area contributed by atoms with Crippen molar-refractivity contribution in [2.24, 2.45) is 0 Å². The van der Waals surface area contributed by atoms with Gasteiger partial charge in [-0.1, -0.05) is 24.3 Å². The molecule has 0 aliphatic heterocycles. The van der Waals surface area contributed by atoms with Gasteiger partial charge in [0.05, 0.1) is 0 Å². The van der Waals surface area contributed by atoms with Gasteiger partial charge >= 0.3 is 0 Å². The quantitative estimate of drug-likeness (QED) is 0.893. The molecule has 1 aromatic carbocycles. The zero-order valence-corrected chi connectivity index (χ0v) is 12.9. The SMILES string of the molecule is Cc1cc(=O)c(C(=O)NC2(C)CCc3ccccc3C2)c[nH]1. The lowest BCUT2D eigenvalue weighted by atomic mass is 9.79. The second-order valence-corrected chi connectivity index (χ2v) is 6.35. The summed E-state index contributed by atoms with van der Waals surface area (Å²) >= 11 is 0. The van der Waals surface area contributed by atoms with Gasteiger partial charge in [-0.05, 0) is 44.2 Å². The van der Waals surface area contributed by atoms with Crippen LogP contribution >= 0.6 is 0 Å². The van der Waals surface area contributed by atoms with E-state index >= 15 is 0 Å². The summed E-state index contributed by atoms with van der Waals surface area (Å²) < 4.78 is 0. The number of aromatic nitrogens is 1. The summed E-state index contributed by atoms with van der Waals surface area (Å²) in [4.78, 5) is 27.3. The van der Waals surface area contributed by atoms with Crippen molar-refractivity contribution in [1.29, 1.82) is 0 Å². The van der Waals surface area contributed by atoms with Gasteiger partial charge in [-0.25, -0.2) is 0 Å². The number of nitrogens with one attached hydrogen (secondary N) is 2. The number of hydrogen-bond acceptors (Lipinski definition) is 2. The van der Waals surface area contributed by atoms with Crippen LogP contribution in [0.4, 0.5) is 0 Å². The van der Waals surface area contributed by atoms with Crippen LogP contribution in [0.1, 0.15) is 40.5 Å². The van der Waals surface area contributed by atoms with Crippen LogP contribution in [0.5, 0.6) is 0 Å². The molecule has 4 heteroatoms. The van der Waals surface area contributed by atoms with Crippen molar-refractivity contribution in [2.45, 2.75) is 38.6 Å². The van der Waals surface area contributed by atoms with E-state index in [9.17, 15) is 9.59 Å². The monoisotopic (exact) mass is 296 g/mol. The molecule has 3 rings (SSSR count). The molecule has 1 aliphatic rings. The molecular weight excluding hydrogens is 276 g/mol. The molecule has 0 spiro atoms. The number of aryl methyl sites for hydroxylation is 2. The van der Waals surface area contributed by atoms with Crippen LogP contribution in [0, 0.1) is 6.92 Å². The Hall–Kier alpha value is -2.36. The van der Waals surface area contributed by atoms with E-state index in [-0.39, 0.29) is 22.4 Å². The number of hydrogen-bond donors (Lipinski definition) is 2. The number of aromatic amines is 1. The minimum atomic E-state index is -0.317. The molecule has 1 aliphatic carbocycles. The van der Waals surface area contributed by atoms with Gasteiger partial charge in [-0.2, -0.15) is 0 Å². The van der Waals surface area contributed by atoms with Crippen LogP contribution in [0.15, 0.2) is 41.3 Å². The fraction of sp³-hybridized carbons (Fsp3) is 0.333. The van der Waals surface area contributed by atoms with E-state index in [2.05, 4.69) is 22.4 Å². The van der Waals surface area contributed by atoms with Gasteiger partial charge in [0.25, 0.3) is 5.91 Å². The number of pyridine rings is 1. The van der Waals surface area contributed by atoms with E-state index in [1.165, 1.54) is 23.4 Å². The van der Waals surface area contributed by atoms with E-state index < -0.39 is 0 Å². The molecule has 1 amide bonds. The maximum Gasteiger partial charge on any atom is 0.257 e. The Morgan fingerprint density at radius 1 is 1.27 bits per heavy atom. The lowest BCUT2D eigenvalue weighted by Crippen LogP contribution is -2.50. The Bertz CT molecular complexity index is 779. The topological polar surface area (TPSA) is 62.0 Å². The second kappa shape index (κ2) is 5.44. The van der Waals surface area contributed by atoms with Crippen molar-refractivity contribution in [3.8, 4) is 0 Å². The maximum absolute atomic E-state index is 12.4. The summed E-state index contributed by atoms with van der Waals surface area (Å²) in [6, 6.07) is 9.77. The first-order valence-electron chi connectivity index (χ1n) is 7.55. The van der Waals surface area contributed by atoms with Crippen molar-refractivity contribution in [2.75, 3.05) is 0 Å². The predicted molar refractivity (Wildman–Crippen MR) is 86.1 cm³/mol. The molecule has 2 N–H and O–H groups in total. The Morgan fingerprint density at radius 3 is 2.73 bits per heavy atom. The highest BCUT2D eigenvalue weighted by Gasteiger charge is 2.31. The van der Waals surface area contributed by atoms with Crippen molar-refractivity contribution < 1.29 is 4.79 Å². The first-order valence-corrected chi connectivity index (χ1v) is 7.55. The summed E-state index contributed by atoms with van der Waals surface area (Å²) in [5.41, 5.74) is 2.98. The average molecular weight is 296 g/mol. The minimum Gasteiger partial charge on any atom is -0.364 e. The first-order chi connectivity index (χ1) is 10.5. The summed E-state index contributed by atoms with van der Waals surface area (Å²) in [7, 11) is 0. The minimum absolute atomic E-state index is 0.172. The van der Waals surface area contributed by atoms with Crippen LogP contribution in [0.25, 0.3) is 0 Å². The highest BCUT2D eigenvalue weighted by Crippen LogP contribution is 2.28. The zero-order valence-electron chi connectivity index (χ0n) is 12.9. The van der Waals surface area contributed by atoms with Crippen molar-refractivity contribution >= 4 is 5.91 Å². The summed E-state index contributed by atoms with van der Waals surface area (Å²) in [5, 5.41) is 3.05. The zero-order chi connectivity index (χ0) is 15.7. The molecule has 1 atom stereocenters. The molecule has 1 heterocycles. The van der Waals surface area contributed by atoms with Gasteiger partial charge in [0.1, 0.15) is 5.56 Å². The van der Waals surface area contributed by atoms with Crippen LogP contribution in [-0.4, -0.2) is 16.4 Å². The molecule has 0 bridgehead atoms. The van der Waals surface area contributed by atoms with Gasteiger partial charge in [0.15, 0.2) is 5.43 Å². The number of carbonyl (C=O) groups is 1.